The van der Waals surface area contributed by atoms with Gasteiger partial charge < -0.3 is 10.2 Å². The highest BCUT2D eigenvalue weighted by atomic mass is 32.1. The van der Waals surface area contributed by atoms with Gasteiger partial charge in [0.05, 0.1) is 11.7 Å². The highest BCUT2D eigenvalue weighted by Gasteiger charge is 2.29. The summed E-state index contributed by atoms with van der Waals surface area (Å²) in [5.41, 5.74) is 2.27. The number of thiophene rings is 1. The van der Waals surface area contributed by atoms with E-state index in [2.05, 4.69) is 27.2 Å². The Kier molecular flexibility index (Phi) is 4.24. The molecule has 3 heterocycles. The van der Waals surface area contributed by atoms with Crippen molar-refractivity contribution in [2.24, 2.45) is 7.05 Å². The zero-order chi connectivity index (χ0) is 14.7. The van der Waals surface area contributed by atoms with Crippen LogP contribution in [0.15, 0.2) is 29.1 Å². The number of carbonyl (C=O) groups excluding carboxylic acids is 1. The molecule has 0 spiro atoms. The average molecular weight is 304 g/mol. The molecule has 0 radical (unpaired) electrons. The highest BCUT2D eigenvalue weighted by molar-refractivity contribution is 7.07. The van der Waals surface area contributed by atoms with Gasteiger partial charge in [-0.25, -0.2) is 4.79 Å². The van der Waals surface area contributed by atoms with Crippen LogP contribution in [0.1, 0.15) is 30.1 Å². The van der Waals surface area contributed by atoms with E-state index < -0.39 is 0 Å². The average Bonchev–Trinajstić information content (AvgIpc) is 3.19. The summed E-state index contributed by atoms with van der Waals surface area (Å²) < 4.78 is 1.78. The van der Waals surface area contributed by atoms with Gasteiger partial charge >= 0.3 is 6.03 Å². The van der Waals surface area contributed by atoms with Crippen molar-refractivity contribution in [3.8, 4) is 0 Å². The first-order valence-corrected chi connectivity index (χ1v) is 8.23. The number of urea groups is 1. The number of aromatic nitrogens is 2. The molecule has 0 saturated carbocycles. The van der Waals surface area contributed by atoms with E-state index in [-0.39, 0.29) is 12.1 Å². The molecule has 112 valence electrons. The van der Waals surface area contributed by atoms with E-state index in [1.165, 1.54) is 5.56 Å². The van der Waals surface area contributed by atoms with Crippen molar-refractivity contribution in [2.75, 3.05) is 13.1 Å². The molecule has 6 heteroatoms. The van der Waals surface area contributed by atoms with Gasteiger partial charge in [-0.05, 0) is 41.3 Å². The minimum atomic E-state index is 0.0413. The molecule has 2 amide bonds. The van der Waals surface area contributed by atoms with E-state index in [1.807, 2.05) is 24.2 Å². The summed E-state index contributed by atoms with van der Waals surface area (Å²) in [5.74, 6) is 0. The second-order valence-electron chi connectivity index (χ2n) is 5.37. The van der Waals surface area contributed by atoms with Gasteiger partial charge in [-0.15, -0.1) is 0 Å². The summed E-state index contributed by atoms with van der Waals surface area (Å²) in [5, 5.41) is 11.5. The predicted molar refractivity (Wildman–Crippen MR) is 83.3 cm³/mol. The largest absolute Gasteiger partial charge is 0.338 e. The Morgan fingerprint density at radius 1 is 1.52 bits per heavy atom. The molecule has 1 aliphatic heterocycles. The van der Waals surface area contributed by atoms with Gasteiger partial charge in [0.15, 0.2) is 0 Å². The molecular formula is C15H20N4OS. The molecule has 5 nitrogen and oxygen atoms in total. The van der Waals surface area contributed by atoms with E-state index >= 15 is 0 Å². The van der Waals surface area contributed by atoms with Gasteiger partial charge in [0, 0.05) is 32.8 Å². The van der Waals surface area contributed by atoms with Crippen LogP contribution in [0.4, 0.5) is 4.79 Å². The molecule has 1 aliphatic rings. The zero-order valence-corrected chi connectivity index (χ0v) is 13.0. The maximum Gasteiger partial charge on any atom is 0.317 e. The molecule has 1 unspecified atom stereocenters. The van der Waals surface area contributed by atoms with Crippen molar-refractivity contribution < 1.29 is 4.79 Å². The van der Waals surface area contributed by atoms with Gasteiger partial charge in [0.25, 0.3) is 0 Å². The maximum absolute atomic E-state index is 12.3. The van der Waals surface area contributed by atoms with Crippen molar-refractivity contribution in [1.82, 2.24) is 20.0 Å². The monoisotopic (exact) mass is 304 g/mol. The molecule has 0 bridgehead atoms. The normalized spacial score (nSPS) is 18.1. The molecule has 21 heavy (non-hydrogen) atoms. The van der Waals surface area contributed by atoms with E-state index in [1.54, 1.807) is 16.0 Å². The number of nitrogens with zero attached hydrogens (tertiary/aromatic N) is 3. The number of likely N-dealkylation sites (tertiary alicyclic amines) is 1. The number of hydrogen-bond donors (Lipinski definition) is 1. The highest BCUT2D eigenvalue weighted by Crippen LogP contribution is 2.32. The standard InChI is InChI=1S/C15H20N4OS/c1-18-9-5-13(17-18)4-7-16-15(20)19-8-2-3-14(19)12-6-10-21-11-12/h5-6,9-11,14H,2-4,7-8H2,1H3,(H,16,20). The third-order valence-corrected chi connectivity index (χ3v) is 4.57. The van der Waals surface area contributed by atoms with Crippen LogP contribution in [0.25, 0.3) is 0 Å². The Morgan fingerprint density at radius 2 is 2.43 bits per heavy atom. The van der Waals surface area contributed by atoms with Crippen LogP contribution in [-0.2, 0) is 13.5 Å². The van der Waals surface area contributed by atoms with E-state index in [0.29, 0.717) is 6.54 Å². The summed E-state index contributed by atoms with van der Waals surface area (Å²) >= 11 is 1.69. The van der Waals surface area contributed by atoms with Gasteiger partial charge in [-0.1, -0.05) is 0 Å². The number of aryl methyl sites for hydroxylation is 1. The molecule has 2 aromatic rings. The molecular weight excluding hydrogens is 284 g/mol. The van der Waals surface area contributed by atoms with Crippen LogP contribution >= 0.6 is 11.3 Å². The lowest BCUT2D eigenvalue weighted by atomic mass is 10.1. The second kappa shape index (κ2) is 6.30. The Hall–Kier alpha value is -1.82. The molecule has 0 aromatic carbocycles. The first-order valence-electron chi connectivity index (χ1n) is 7.29. The molecule has 1 atom stereocenters. The van der Waals surface area contributed by atoms with Gasteiger partial charge in [-0.2, -0.15) is 16.4 Å². The van der Waals surface area contributed by atoms with Crippen molar-refractivity contribution in [3.05, 3.63) is 40.3 Å². The number of hydrogen-bond acceptors (Lipinski definition) is 3. The Balaban J connectivity index is 1.52. The summed E-state index contributed by atoms with van der Waals surface area (Å²) in [6.45, 7) is 1.47. The van der Waals surface area contributed by atoms with Crippen LogP contribution in [0, 0.1) is 0 Å². The van der Waals surface area contributed by atoms with Crippen molar-refractivity contribution >= 4 is 17.4 Å². The minimum absolute atomic E-state index is 0.0413. The Morgan fingerprint density at radius 3 is 3.14 bits per heavy atom. The Bertz CT molecular complexity index is 593. The third-order valence-electron chi connectivity index (χ3n) is 3.87. The van der Waals surface area contributed by atoms with Gasteiger partial charge in [0.1, 0.15) is 0 Å². The first-order chi connectivity index (χ1) is 10.2. The van der Waals surface area contributed by atoms with Gasteiger partial charge in [0.2, 0.25) is 0 Å². The van der Waals surface area contributed by atoms with Crippen LogP contribution in [0.3, 0.4) is 0 Å². The lowest BCUT2D eigenvalue weighted by Gasteiger charge is -2.24. The fourth-order valence-electron chi connectivity index (χ4n) is 2.82. The summed E-state index contributed by atoms with van der Waals surface area (Å²) in [6.07, 6.45) is 4.83. The number of carbonyl (C=O) groups is 1. The van der Waals surface area contributed by atoms with Gasteiger partial charge in [-0.3, -0.25) is 4.68 Å². The molecule has 0 aliphatic carbocycles. The minimum Gasteiger partial charge on any atom is -0.338 e. The third kappa shape index (κ3) is 3.26. The maximum atomic E-state index is 12.3. The lowest BCUT2D eigenvalue weighted by molar-refractivity contribution is 0.193. The first kappa shape index (κ1) is 14.1. The van der Waals surface area contributed by atoms with E-state index in [4.69, 9.17) is 0 Å². The van der Waals surface area contributed by atoms with Crippen molar-refractivity contribution in [3.63, 3.8) is 0 Å². The molecule has 1 saturated heterocycles. The summed E-state index contributed by atoms with van der Waals surface area (Å²) in [7, 11) is 1.90. The van der Waals surface area contributed by atoms with Crippen LogP contribution < -0.4 is 5.32 Å². The molecule has 2 aromatic heterocycles. The second-order valence-corrected chi connectivity index (χ2v) is 6.15. The van der Waals surface area contributed by atoms with Crippen molar-refractivity contribution in [2.45, 2.75) is 25.3 Å². The number of amides is 2. The van der Waals surface area contributed by atoms with E-state index in [9.17, 15) is 4.79 Å². The quantitative estimate of drug-likeness (QED) is 0.944. The van der Waals surface area contributed by atoms with E-state index in [0.717, 1.165) is 31.5 Å². The SMILES string of the molecule is Cn1ccc(CCNC(=O)N2CCCC2c2ccsc2)n1. The Labute approximate surface area is 128 Å². The number of rotatable bonds is 4. The smallest absolute Gasteiger partial charge is 0.317 e. The fraction of sp³-hybridized carbons (Fsp3) is 0.467. The van der Waals surface area contributed by atoms with Crippen LogP contribution in [-0.4, -0.2) is 33.8 Å². The molecule has 3 rings (SSSR count). The lowest BCUT2D eigenvalue weighted by Crippen LogP contribution is -2.40. The van der Waals surface area contributed by atoms with Crippen LogP contribution in [0.5, 0.6) is 0 Å². The summed E-state index contributed by atoms with van der Waals surface area (Å²) in [4.78, 5) is 14.3. The van der Waals surface area contributed by atoms with Crippen LogP contribution in [0.2, 0.25) is 0 Å². The molecule has 1 N–H and O–H groups in total. The topological polar surface area (TPSA) is 50.2 Å². The zero-order valence-electron chi connectivity index (χ0n) is 12.2. The fourth-order valence-corrected chi connectivity index (χ4v) is 3.52. The molecule has 1 fully saturated rings. The number of nitrogens with one attached hydrogen (secondary N) is 1. The predicted octanol–water partition coefficient (Wildman–Crippen LogP) is 2.57. The summed E-state index contributed by atoms with van der Waals surface area (Å²) in [6, 6.07) is 4.39. The van der Waals surface area contributed by atoms with Crippen molar-refractivity contribution in [1.29, 1.82) is 0 Å².